The lowest BCUT2D eigenvalue weighted by Crippen LogP contribution is -2.55. The van der Waals surface area contributed by atoms with Crippen molar-refractivity contribution in [3.05, 3.63) is 23.0 Å². The number of pyridine rings is 1. The van der Waals surface area contributed by atoms with Crippen LogP contribution in [0.15, 0.2) is 12.3 Å². The molecule has 2 rings (SSSR count). The molecule has 1 saturated heterocycles. The third kappa shape index (κ3) is 4.05. The summed E-state index contributed by atoms with van der Waals surface area (Å²) in [6.07, 6.45) is 7.41. The first-order chi connectivity index (χ1) is 10.3. The van der Waals surface area contributed by atoms with Gasteiger partial charge in [0.25, 0.3) is 0 Å². The van der Waals surface area contributed by atoms with Crippen molar-refractivity contribution in [3.8, 4) is 18.1 Å². The number of hydrogen-bond acceptors (Lipinski definition) is 4. The molecule has 6 heteroatoms. The van der Waals surface area contributed by atoms with Crippen molar-refractivity contribution in [1.29, 1.82) is 0 Å². The Balaban J connectivity index is 1.90. The van der Waals surface area contributed by atoms with E-state index in [-0.39, 0.29) is 17.3 Å². The molecule has 0 N–H and O–H groups in total. The molecule has 1 aliphatic heterocycles. The number of ether oxygens (including phenoxy) is 2. The van der Waals surface area contributed by atoms with Gasteiger partial charge in [0.2, 0.25) is 0 Å². The first kappa shape index (κ1) is 16.4. The SMILES string of the molecule is C#Cc1cc(OC[C@H]2CCN2C(=O)OC(C)(C)C)cnc1Cl. The lowest BCUT2D eigenvalue weighted by Gasteiger charge is -2.40. The van der Waals surface area contributed by atoms with Crippen molar-refractivity contribution < 1.29 is 14.3 Å². The van der Waals surface area contributed by atoms with Crippen LogP contribution in [0.3, 0.4) is 0 Å². The van der Waals surface area contributed by atoms with Crippen LogP contribution in [0.2, 0.25) is 5.15 Å². The van der Waals surface area contributed by atoms with Gasteiger partial charge in [-0.15, -0.1) is 6.42 Å². The fraction of sp³-hybridized carbons (Fsp3) is 0.500. The quantitative estimate of drug-likeness (QED) is 0.634. The number of aromatic nitrogens is 1. The minimum absolute atomic E-state index is 0.000172. The highest BCUT2D eigenvalue weighted by molar-refractivity contribution is 6.30. The first-order valence-electron chi connectivity index (χ1n) is 7.05. The lowest BCUT2D eigenvalue weighted by atomic mass is 10.1. The summed E-state index contributed by atoms with van der Waals surface area (Å²) in [4.78, 5) is 17.6. The molecule has 0 aliphatic carbocycles. The molecule has 0 aromatic carbocycles. The number of carbonyl (C=O) groups is 1. The van der Waals surface area contributed by atoms with E-state index < -0.39 is 5.60 Å². The van der Waals surface area contributed by atoms with Gasteiger partial charge >= 0.3 is 6.09 Å². The summed E-state index contributed by atoms with van der Waals surface area (Å²) in [5.74, 6) is 2.98. The Hall–Kier alpha value is -1.93. The molecule has 0 bridgehead atoms. The summed E-state index contributed by atoms with van der Waals surface area (Å²) in [5.41, 5.74) is -0.0170. The second kappa shape index (κ2) is 6.45. The third-order valence-electron chi connectivity index (χ3n) is 3.18. The van der Waals surface area contributed by atoms with E-state index in [1.807, 2.05) is 20.8 Å². The Labute approximate surface area is 135 Å². The van der Waals surface area contributed by atoms with E-state index in [1.54, 1.807) is 11.0 Å². The summed E-state index contributed by atoms with van der Waals surface area (Å²) in [7, 11) is 0. The number of nitrogens with zero attached hydrogens (tertiary/aromatic N) is 2. The molecule has 1 atom stereocenters. The Morgan fingerprint density at radius 2 is 2.32 bits per heavy atom. The molecule has 0 spiro atoms. The molecule has 0 unspecified atom stereocenters. The van der Waals surface area contributed by atoms with Gasteiger partial charge in [-0.1, -0.05) is 17.5 Å². The van der Waals surface area contributed by atoms with Gasteiger partial charge in [-0.2, -0.15) is 0 Å². The predicted octanol–water partition coefficient (Wildman–Crippen LogP) is 3.10. The summed E-state index contributed by atoms with van der Waals surface area (Å²) in [6.45, 7) is 6.58. The van der Waals surface area contributed by atoms with E-state index in [1.165, 1.54) is 6.20 Å². The van der Waals surface area contributed by atoms with Gasteiger partial charge in [0.05, 0.1) is 17.8 Å². The summed E-state index contributed by atoms with van der Waals surface area (Å²) in [5, 5.41) is 0.272. The van der Waals surface area contributed by atoms with Crippen molar-refractivity contribution in [3.63, 3.8) is 0 Å². The van der Waals surface area contributed by atoms with Crippen molar-refractivity contribution >= 4 is 17.7 Å². The molecule has 1 aliphatic rings. The maximum absolute atomic E-state index is 12.0. The zero-order valence-electron chi connectivity index (χ0n) is 12.9. The monoisotopic (exact) mass is 322 g/mol. The maximum Gasteiger partial charge on any atom is 0.410 e. The van der Waals surface area contributed by atoms with Gasteiger partial charge in [-0.05, 0) is 27.2 Å². The molecule has 118 valence electrons. The van der Waals surface area contributed by atoms with Crippen LogP contribution in [0.1, 0.15) is 32.8 Å². The van der Waals surface area contributed by atoms with Gasteiger partial charge in [0.15, 0.2) is 0 Å². The van der Waals surface area contributed by atoms with Gasteiger partial charge in [-0.25, -0.2) is 9.78 Å². The van der Waals surface area contributed by atoms with E-state index in [0.717, 1.165) is 6.42 Å². The smallest absolute Gasteiger partial charge is 0.410 e. The molecular formula is C16H19ClN2O3. The summed E-state index contributed by atoms with van der Waals surface area (Å²) in [6, 6.07) is 1.66. The van der Waals surface area contributed by atoms with Crippen molar-refractivity contribution in [2.45, 2.75) is 38.8 Å². The molecular weight excluding hydrogens is 304 g/mol. The average Bonchev–Trinajstić information content (AvgIpc) is 2.37. The van der Waals surface area contributed by atoms with Gasteiger partial charge in [0, 0.05) is 12.6 Å². The molecule has 1 amide bonds. The normalized spacial score (nSPS) is 17.4. The van der Waals surface area contributed by atoms with E-state index >= 15 is 0 Å². The Morgan fingerprint density at radius 1 is 1.59 bits per heavy atom. The minimum Gasteiger partial charge on any atom is -0.490 e. The minimum atomic E-state index is -0.500. The van der Waals surface area contributed by atoms with Gasteiger partial charge < -0.3 is 14.4 Å². The Kier molecular flexibility index (Phi) is 4.82. The average molecular weight is 323 g/mol. The number of terminal acetylenes is 1. The van der Waals surface area contributed by atoms with Crippen LogP contribution >= 0.6 is 11.6 Å². The molecule has 22 heavy (non-hydrogen) atoms. The molecule has 0 radical (unpaired) electrons. The molecule has 5 nitrogen and oxygen atoms in total. The second-order valence-electron chi connectivity index (χ2n) is 6.08. The third-order valence-corrected chi connectivity index (χ3v) is 3.49. The molecule has 1 aromatic heterocycles. The predicted molar refractivity (Wildman–Crippen MR) is 84.0 cm³/mol. The van der Waals surface area contributed by atoms with Crippen LogP contribution in [0.5, 0.6) is 5.75 Å². The van der Waals surface area contributed by atoms with Crippen LogP contribution in [-0.2, 0) is 4.74 Å². The van der Waals surface area contributed by atoms with Crippen LogP contribution in [0, 0.1) is 12.3 Å². The number of hydrogen-bond donors (Lipinski definition) is 0. The van der Waals surface area contributed by atoms with Crippen LogP contribution in [-0.4, -0.2) is 40.8 Å². The highest BCUT2D eigenvalue weighted by Crippen LogP contribution is 2.23. The number of carbonyl (C=O) groups excluding carboxylic acids is 1. The van der Waals surface area contributed by atoms with Crippen molar-refractivity contribution in [2.24, 2.45) is 0 Å². The summed E-state index contributed by atoms with van der Waals surface area (Å²) < 4.78 is 11.0. The van der Waals surface area contributed by atoms with E-state index in [9.17, 15) is 4.79 Å². The summed E-state index contributed by atoms with van der Waals surface area (Å²) >= 11 is 5.85. The van der Waals surface area contributed by atoms with Crippen LogP contribution < -0.4 is 4.74 Å². The van der Waals surface area contributed by atoms with Crippen LogP contribution in [0.25, 0.3) is 0 Å². The fourth-order valence-corrected chi connectivity index (χ4v) is 2.13. The lowest BCUT2D eigenvalue weighted by molar-refractivity contribution is -0.0141. The topological polar surface area (TPSA) is 51.7 Å². The fourth-order valence-electron chi connectivity index (χ4n) is 1.98. The second-order valence-corrected chi connectivity index (χ2v) is 6.44. The van der Waals surface area contributed by atoms with E-state index in [0.29, 0.717) is 24.5 Å². The first-order valence-corrected chi connectivity index (χ1v) is 7.42. The van der Waals surface area contributed by atoms with Crippen LogP contribution in [0.4, 0.5) is 4.79 Å². The zero-order chi connectivity index (χ0) is 16.3. The molecule has 1 fully saturated rings. The van der Waals surface area contributed by atoms with Crippen molar-refractivity contribution in [2.75, 3.05) is 13.2 Å². The molecule has 2 heterocycles. The Morgan fingerprint density at radius 3 is 2.86 bits per heavy atom. The zero-order valence-corrected chi connectivity index (χ0v) is 13.7. The standard InChI is InChI=1S/C16H19ClN2O3/c1-5-11-8-13(9-18-14(11)17)21-10-12-6-7-19(12)15(20)22-16(2,3)4/h1,8-9,12H,6-7,10H2,2-4H3/t12-/m1/s1. The van der Waals surface area contributed by atoms with Crippen molar-refractivity contribution in [1.82, 2.24) is 9.88 Å². The maximum atomic E-state index is 12.0. The van der Waals surface area contributed by atoms with E-state index in [2.05, 4.69) is 10.9 Å². The number of halogens is 1. The molecule has 0 saturated carbocycles. The largest absolute Gasteiger partial charge is 0.490 e. The number of rotatable bonds is 3. The highest BCUT2D eigenvalue weighted by Gasteiger charge is 2.35. The van der Waals surface area contributed by atoms with E-state index in [4.69, 9.17) is 27.5 Å². The Bertz CT molecular complexity index is 604. The highest BCUT2D eigenvalue weighted by atomic mass is 35.5. The molecule has 1 aromatic rings. The number of likely N-dealkylation sites (tertiary alicyclic amines) is 1. The number of amides is 1. The van der Waals surface area contributed by atoms with Gasteiger partial charge in [0.1, 0.15) is 23.1 Å². The van der Waals surface area contributed by atoms with Gasteiger partial charge in [-0.3, -0.25) is 0 Å².